The molecule has 0 amide bonds. The van der Waals surface area contributed by atoms with E-state index in [0.29, 0.717) is 0 Å². The van der Waals surface area contributed by atoms with Gasteiger partial charge in [-0.2, -0.15) is 0 Å². The van der Waals surface area contributed by atoms with Crippen LogP contribution in [0, 0.1) is 90.0 Å². The molecular formula is C32H41S+. The molecule has 0 nitrogen and oxygen atoms in total. The maximum absolute atomic E-state index is 2.38. The van der Waals surface area contributed by atoms with Crippen molar-refractivity contribution in [3.05, 3.63) is 83.5 Å². The van der Waals surface area contributed by atoms with E-state index in [-0.39, 0.29) is 10.9 Å². The summed E-state index contributed by atoms with van der Waals surface area (Å²) in [5.41, 5.74) is 22.5. The van der Waals surface area contributed by atoms with E-state index in [9.17, 15) is 0 Å². The van der Waals surface area contributed by atoms with Gasteiger partial charge in [0.05, 0.1) is 0 Å². The molecule has 0 atom stereocenters. The van der Waals surface area contributed by atoms with Gasteiger partial charge < -0.3 is 0 Å². The summed E-state index contributed by atoms with van der Waals surface area (Å²) in [5.74, 6) is 0. The molecule has 0 radical (unpaired) electrons. The number of rotatable bonds is 1. The molecule has 0 aliphatic carbocycles. The second kappa shape index (κ2) is 8.05. The largest absolute Gasteiger partial charge is 0.173 e. The van der Waals surface area contributed by atoms with E-state index in [1.54, 1.807) is 25.8 Å². The molecule has 1 aliphatic heterocycles. The fraction of sp³-hybridized carbons (Fsp3) is 0.438. The van der Waals surface area contributed by atoms with Crippen LogP contribution in [0.25, 0.3) is 0 Å². The molecule has 0 N–H and O–H groups in total. The van der Waals surface area contributed by atoms with Gasteiger partial charge in [-0.25, -0.2) is 0 Å². The first-order chi connectivity index (χ1) is 15.3. The first-order valence-corrected chi connectivity index (χ1v) is 13.5. The van der Waals surface area contributed by atoms with E-state index in [4.69, 9.17) is 0 Å². The molecule has 3 aromatic carbocycles. The highest BCUT2D eigenvalue weighted by atomic mass is 32.2. The Hall–Kier alpha value is -1.99. The van der Waals surface area contributed by atoms with Gasteiger partial charge in [-0.05, 0) is 140 Å². The van der Waals surface area contributed by atoms with Crippen LogP contribution in [0.3, 0.4) is 0 Å². The van der Waals surface area contributed by atoms with Crippen LogP contribution in [-0.2, 0) is 17.3 Å². The second-order valence-corrected chi connectivity index (χ2v) is 12.4. The third-order valence-corrected chi connectivity index (χ3v) is 12.3. The molecule has 0 saturated heterocycles. The number of fused-ring (bicyclic) bond motifs is 2. The van der Waals surface area contributed by atoms with Crippen LogP contribution >= 0.6 is 0 Å². The summed E-state index contributed by atoms with van der Waals surface area (Å²) in [5, 5.41) is 0. The maximum atomic E-state index is 2.38. The summed E-state index contributed by atoms with van der Waals surface area (Å²) in [7, 11) is -0.0907. The predicted octanol–water partition coefficient (Wildman–Crippen LogP) is 8.70. The van der Waals surface area contributed by atoms with Crippen molar-refractivity contribution in [2.24, 2.45) is 0 Å². The van der Waals surface area contributed by atoms with Crippen LogP contribution in [-0.4, -0.2) is 0 Å². The highest BCUT2D eigenvalue weighted by molar-refractivity contribution is 7.97. The molecule has 0 spiro atoms. The van der Waals surface area contributed by atoms with Gasteiger partial charge in [0.15, 0.2) is 14.7 Å². The molecule has 1 aliphatic rings. The van der Waals surface area contributed by atoms with Crippen molar-refractivity contribution in [1.82, 2.24) is 0 Å². The molecule has 0 fully saturated rings. The molecule has 1 heteroatoms. The number of benzene rings is 3. The Morgan fingerprint density at radius 3 is 0.879 bits per heavy atom. The van der Waals surface area contributed by atoms with Gasteiger partial charge in [0, 0.05) is 39.8 Å². The summed E-state index contributed by atoms with van der Waals surface area (Å²) in [6.07, 6.45) is 1.07. The minimum absolute atomic E-state index is 0.0907. The van der Waals surface area contributed by atoms with Crippen molar-refractivity contribution in [2.45, 2.75) is 111 Å². The maximum Gasteiger partial charge on any atom is 0.173 e. The van der Waals surface area contributed by atoms with Crippen LogP contribution in [0.2, 0.25) is 0 Å². The van der Waals surface area contributed by atoms with Crippen LogP contribution in [0.1, 0.15) is 83.5 Å². The van der Waals surface area contributed by atoms with Crippen molar-refractivity contribution < 1.29 is 0 Å². The van der Waals surface area contributed by atoms with Crippen LogP contribution in [0.4, 0.5) is 0 Å². The molecule has 3 aromatic rings. The molecule has 174 valence electrons. The van der Waals surface area contributed by atoms with Gasteiger partial charge in [0.25, 0.3) is 0 Å². The predicted molar refractivity (Wildman–Crippen MR) is 146 cm³/mol. The molecular weight excluding hydrogens is 416 g/mol. The summed E-state index contributed by atoms with van der Waals surface area (Å²) in [6, 6.07) is 0. The number of hydrogen-bond donors (Lipinski definition) is 0. The molecule has 4 rings (SSSR count). The fourth-order valence-corrected chi connectivity index (χ4v) is 9.34. The lowest BCUT2D eigenvalue weighted by atomic mass is 9.86. The van der Waals surface area contributed by atoms with E-state index >= 15 is 0 Å². The Morgan fingerprint density at radius 1 is 0.303 bits per heavy atom. The molecule has 0 aromatic heterocycles. The zero-order valence-corrected chi connectivity index (χ0v) is 23.9. The molecule has 33 heavy (non-hydrogen) atoms. The van der Waals surface area contributed by atoms with Crippen molar-refractivity contribution >= 4 is 10.9 Å². The van der Waals surface area contributed by atoms with Gasteiger partial charge in [0.2, 0.25) is 0 Å². The summed E-state index contributed by atoms with van der Waals surface area (Å²) >= 11 is 0. The van der Waals surface area contributed by atoms with Crippen LogP contribution < -0.4 is 0 Å². The third-order valence-electron chi connectivity index (χ3n) is 9.41. The highest BCUT2D eigenvalue weighted by Crippen LogP contribution is 2.50. The lowest BCUT2D eigenvalue weighted by Gasteiger charge is -2.30. The summed E-state index contributed by atoms with van der Waals surface area (Å²) < 4.78 is 0. The lowest BCUT2D eigenvalue weighted by molar-refractivity contribution is 0.934. The Balaban J connectivity index is 2.28. The molecule has 1 heterocycles. The van der Waals surface area contributed by atoms with E-state index in [2.05, 4.69) is 90.0 Å². The lowest BCUT2D eigenvalue weighted by Crippen LogP contribution is -2.24. The topological polar surface area (TPSA) is 0 Å². The average molecular weight is 458 g/mol. The van der Waals surface area contributed by atoms with Gasteiger partial charge in [-0.1, -0.05) is 0 Å². The van der Waals surface area contributed by atoms with Gasteiger partial charge in [-0.15, -0.1) is 0 Å². The average Bonchev–Trinajstić information content (AvgIpc) is 2.80. The Bertz CT molecular complexity index is 1210. The summed E-state index contributed by atoms with van der Waals surface area (Å²) in [4.78, 5) is 4.81. The minimum Gasteiger partial charge on any atom is -0.0444 e. The fourth-order valence-electron chi connectivity index (χ4n) is 5.94. The van der Waals surface area contributed by atoms with Crippen molar-refractivity contribution in [2.75, 3.05) is 0 Å². The van der Waals surface area contributed by atoms with E-state index in [1.165, 1.54) is 72.3 Å². The van der Waals surface area contributed by atoms with Crippen molar-refractivity contribution in [3.63, 3.8) is 0 Å². The zero-order valence-electron chi connectivity index (χ0n) is 23.1. The number of hydrogen-bond acceptors (Lipinski definition) is 0. The van der Waals surface area contributed by atoms with Gasteiger partial charge >= 0.3 is 0 Å². The van der Waals surface area contributed by atoms with Gasteiger partial charge in [-0.3, -0.25) is 0 Å². The standard InChI is InChI=1S/C32H41S/c1-15-18(4)24(10)30(25(11)19(15)5)33-31-26(12)20(6)16(2)22(8)28(31)14-29-23(9)17(3)21(7)27(13)32(29)33/h14H2,1-13H3/q+1. The van der Waals surface area contributed by atoms with E-state index in [0.717, 1.165) is 6.42 Å². The normalized spacial score (nSPS) is 13.4. The summed E-state index contributed by atoms with van der Waals surface area (Å²) in [6.45, 7) is 30.5. The van der Waals surface area contributed by atoms with Gasteiger partial charge in [0.1, 0.15) is 10.9 Å². The Labute approximate surface area is 205 Å². The third kappa shape index (κ3) is 3.18. The first kappa shape index (κ1) is 24.1. The Kier molecular flexibility index (Phi) is 5.89. The van der Waals surface area contributed by atoms with Crippen molar-refractivity contribution in [1.29, 1.82) is 0 Å². The quantitative estimate of drug-likeness (QED) is 0.251. The second-order valence-electron chi connectivity index (χ2n) is 10.6. The molecule has 0 unspecified atom stereocenters. The zero-order chi connectivity index (χ0) is 24.7. The monoisotopic (exact) mass is 457 g/mol. The van der Waals surface area contributed by atoms with E-state index in [1.807, 2.05) is 0 Å². The van der Waals surface area contributed by atoms with Crippen LogP contribution in [0.5, 0.6) is 0 Å². The molecule has 0 saturated carbocycles. The SMILES string of the molecule is Cc1c(C)c(C)c([S+]2c3c(C)c(C)c(C)c(C)c3Cc3c(C)c(C)c(C)c(C)c32)c(C)c1C. The van der Waals surface area contributed by atoms with E-state index < -0.39 is 0 Å². The van der Waals surface area contributed by atoms with Crippen molar-refractivity contribution in [3.8, 4) is 0 Å². The first-order valence-electron chi connectivity index (χ1n) is 12.3. The highest BCUT2D eigenvalue weighted by Gasteiger charge is 2.45. The minimum atomic E-state index is -0.0907. The smallest absolute Gasteiger partial charge is 0.0444 e. The molecule has 0 bridgehead atoms. The Morgan fingerprint density at radius 2 is 0.545 bits per heavy atom. The van der Waals surface area contributed by atoms with Crippen LogP contribution in [0.15, 0.2) is 14.7 Å².